The van der Waals surface area contributed by atoms with Crippen LogP contribution in [0.5, 0.6) is 0 Å². The number of benzene rings is 2. The lowest BCUT2D eigenvalue weighted by Crippen LogP contribution is -2.29. The van der Waals surface area contributed by atoms with Crippen LogP contribution >= 0.6 is 0 Å². The third kappa shape index (κ3) is 3.52. The number of hydrogen-bond acceptors (Lipinski definition) is 3. The smallest absolute Gasteiger partial charge is 0.229 e. The summed E-state index contributed by atoms with van der Waals surface area (Å²) in [5, 5.41) is 2.98. The maximum Gasteiger partial charge on any atom is 0.229 e. The van der Waals surface area contributed by atoms with Gasteiger partial charge in [-0.3, -0.25) is 9.59 Å². The number of nitrogens with zero attached hydrogens (tertiary/aromatic N) is 2. The first-order valence-corrected chi connectivity index (χ1v) is 9.33. The Bertz CT molecular complexity index is 864. The number of carbonyl (C=O) groups is 2. The van der Waals surface area contributed by atoms with E-state index in [0.29, 0.717) is 0 Å². The highest BCUT2D eigenvalue weighted by Gasteiger charge is 2.36. The maximum atomic E-state index is 14.0. The summed E-state index contributed by atoms with van der Waals surface area (Å²) in [6.45, 7) is 2.16. The highest BCUT2D eigenvalue weighted by molar-refractivity contribution is 6.04. The van der Waals surface area contributed by atoms with Crippen molar-refractivity contribution >= 4 is 28.9 Å². The number of nitrogens with one attached hydrogen (secondary N) is 1. The minimum absolute atomic E-state index is 0.0893. The van der Waals surface area contributed by atoms with Gasteiger partial charge in [0.1, 0.15) is 5.82 Å². The number of amides is 2. The molecule has 2 saturated heterocycles. The third-order valence-corrected chi connectivity index (χ3v) is 5.25. The predicted molar refractivity (Wildman–Crippen MR) is 103 cm³/mol. The van der Waals surface area contributed by atoms with Crippen LogP contribution in [-0.4, -0.2) is 31.4 Å². The molecule has 0 aliphatic carbocycles. The van der Waals surface area contributed by atoms with E-state index in [-0.39, 0.29) is 30.5 Å². The Morgan fingerprint density at radius 1 is 1.00 bits per heavy atom. The van der Waals surface area contributed by atoms with Gasteiger partial charge in [-0.2, -0.15) is 0 Å². The van der Waals surface area contributed by atoms with Crippen LogP contribution in [0.15, 0.2) is 48.5 Å². The molecule has 27 heavy (non-hydrogen) atoms. The summed E-state index contributed by atoms with van der Waals surface area (Å²) in [6.07, 6.45) is 2.39. The second-order valence-corrected chi connectivity index (χ2v) is 7.06. The fourth-order valence-electron chi connectivity index (χ4n) is 3.83. The van der Waals surface area contributed by atoms with Crippen molar-refractivity contribution in [1.29, 1.82) is 0 Å². The number of rotatable bonds is 4. The molecule has 1 atom stereocenters. The molecule has 2 fully saturated rings. The Morgan fingerprint density at radius 3 is 2.41 bits per heavy atom. The van der Waals surface area contributed by atoms with E-state index in [1.807, 2.05) is 24.3 Å². The molecule has 2 aromatic rings. The average molecular weight is 367 g/mol. The average Bonchev–Trinajstić information content (AvgIpc) is 3.33. The van der Waals surface area contributed by atoms with E-state index >= 15 is 0 Å². The fourth-order valence-corrected chi connectivity index (χ4v) is 3.83. The van der Waals surface area contributed by atoms with E-state index in [1.165, 1.54) is 11.0 Å². The number of halogens is 1. The lowest BCUT2D eigenvalue weighted by atomic mass is 10.1. The third-order valence-electron chi connectivity index (χ3n) is 5.25. The van der Waals surface area contributed by atoms with E-state index in [0.717, 1.165) is 37.3 Å². The van der Waals surface area contributed by atoms with Crippen LogP contribution in [0.3, 0.4) is 0 Å². The largest absolute Gasteiger partial charge is 0.370 e. The first-order chi connectivity index (χ1) is 13.1. The van der Waals surface area contributed by atoms with E-state index in [9.17, 15) is 14.0 Å². The zero-order valence-electron chi connectivity index (χ0n) is 15.0. The van der Waals surface area contributed by atoms with Crippen molar-refractivity contribution in [2.75, 3.05) is 34.8 Å². The standard InChI is InChI=1S/C21H22FN3O2/c22-16-7-1-3-9-18(16)25-14-15(13-20(25)26)21(27)23-17-8-2-4-10-19(17)24-11-5-6-12-24/h1-4,7-10,15H,5-6,11-14H2,(H,23,27)/t15-/m0/s1. The summed E-state index contributed by atoms with van der Waals surface area (Å²) in [6, 6.07) is 13.9. The van der Waals surface area contributed by atoms with E-state index in [4.69, 9.17) is 0 Å². The van der Waals surface area contributed by atoms with Crippen molar-refractivity contribution in [1.82, 2.24) is 0 Å². The van der Waals surface area contributed by atoms with Gasteiger partial charge in [-0.1, -0.05) is 24.3 Å². The molecule has 5 nitrogen and oxygen atoms in total. The maximum absolute atomic E-state index is 14.0. The molecule has 2 aromatic carbocycles. The molecule has 2 heterocycles. The van der Waals surface area contributed by atoms with Gasteiger partial charge in [-0.05, 0) is 37.1 Å². The molecule has 2 aliphatic heterocycles. The topological polar surface area (TPSA) is 52.7 Å². The number of hydrogen-bond donors (Lipinski definition) is 1. The molecule has 2 amide bonds. The summed E-state index contributed by atoms with van der Waals surface area (Å²) in [4.78, 5) is 28.8. The molecule has 140 valence electrons. The molecule has 0 spiro atoms. The second-order valence-electron chi connectivity index (χ2n) is 7.06. The summed E-state index contributed by atoms with van der Waals surface area (Å²) < 4.78 is 14.0. The van der Waals surface area contributed by atoms with Gasteiger partial charge in [-0.15, -0.1) is 0 Å². The zero-order valence-corrected chi connectivity index (χ0v) is 15.0. The van der Waals surface area contributed by atoms with Crippen molar-refractivity contribution in [3.05, 3.63) is 54.3 Å². The Morgan fingerprint density at radius 2 is 1.67 bits per heavy atom. The van der Waals surface area contributed by atoms with Gasteiger partial charge < -0.3 is 15.1 Å². The van der Waals surface area contributed by atoms with Crippen molar-refractivity contribution in [3.63, 3.8) is 0 Å². The van der Waals surface area contributed by atoms with Gasteiger partial charge in [0.2, 0.25) is 11.8 Å². The Labute approximate surface area is 157 Å². The van der Waals surface area contributed by atoms with E-state index in [2.05, 4.69) is 10.2 Å². The van der Waals surface area contributed by atoms with Crippen molar-refractivity contribution in [2.45, 2.75) is 19.3 Å². The van der Waals surface area contributed by atoms with Crippen LogP contribution in [0, 0.1) is 11.7 Å². The molecular weight excluding hydrogens is 345 g/mol. The normalized spacial score (nSPS) is 19.6. The van der Waals surface area contributed by atoms with Gasteiger partial charge in [0.15, 0.2) is 0 Å². The molecule has 6 heteroatoms. The monoisotopic (exact) mass is 367 g/mol. The minimum Gasteiger partial charge on any atom is -0.370 e. The number of carbonyl (C=O) groups excluding carboxylic acids is 2. The molecule has 0 radical (unpaired) electrons. The molecule has 0 saturated carbocycles. The lowest BCUT2D eigenvalue weighted by molar-refractivity contribution is -0.122. The van der Waals surface area contributed by atoms with Crippen LogP contribution in [0.4, 0.5) is 21.5 Å². The van der Waals surface area contributed by atoms with Crippen LogP contribution in [0.1, 0.15) is 19.3 Å². The first-order valence-electron chi connectivity index (χ1n) is 9.33. The molecule has 0 bridgehead atoms. The lowest BCUT2D eigenvalue weighted by Gasteiger charge is -2.22. The summed E-state index contributed by atoms with van der Waals surface area (Å²) in [7, 11) is 0. The second kappa shape index (κ2) is 7.39. The van der Waals surface area contributed by atoms with Crippen LogP contribution in [-0.2, 0) is 9.59 Å². The van der Waals surface area contributed by atoms with Gasteiger partial charge >= 0.3 is 0 Å². The minimum atomic E-state index is -0.497. The first kappa shape index (κ1) is 17.5. The molecule has 0 unspecified atom stereocenters. The predicted octanol–water partition coefficient (Wildman–Crippen LogP) is 3.42. The number of para-hydroxylation sites is 3. The molecule has 4 rings (SSSR count). The van der Waals surface area contributed by atoms with Gasteiger partial charge in [0, 0.05) is 26.1 Å². The van der Waals surface area contributed by atoms with Crippen LogP contribution in [0.2, 0.25) is 0 Å². The molecule has 2 aliphatic rings. The molecular formula is C21H22FN3O2. The Hall–Kier alpha value is -2.89. The quantitative estimate of drug-likeness (QED) is 0.901. The van der Waals surface area contributed by atoms with Gasteiger partial charge in [-0.25, -0.2) is 4.39 Å². The SMILES string of the molecule is O=C(Nc1ccccc1N1CCCC1)[C@H]1CC(=O)N(c2ccccc2F)C1. The van der Waals surface area contributed by atoms with Crippen molar-refractivity contribution < 1.29 is 14.0 Å². The highest BCUT2D eigenvalue weighted by Crippen LogP contribution is 2.31. The Balaban J connectivity index is 1.49. The number of anilines is 3. The Kier molecular flexibility index (Phi) is 4.79. The van der Waals surface area contributed by atoms with Gasteiger partial charge in [0.05, 0.1) is 23.0 Å². The van der Waals surface area contributed by atoms with Crippen molar-refractivity contribution in [2.24, 2.45) is 5.92 Å². The van der Waals surface area contributed by atoms with Crippen molar-refractivity contribution in [3.8, 4) is 0 Å². The van der Waals surface area contributed by atoms with E-state index < -0.39 is 11.7 Å². The van der Waals surface area contributed by atoms with E-state index in [1.54, 1.807) is 18.2 Å². The fraction of sp³-hybridized carbons (Fsp3) is 0.333. The van der Waals surface area contributed by atoms with Gasteiger partial charge in [0.25, 0.3) is 0 Å². The molecule has 0 aromatic heterocycles. The van der Waals surface area contributed by atoms with Crippen LogP contribution in [0.25, 0.3) is 0 Å². The van der Waals surface area contributed by atoms with Crippen LogP contribution < -0.4 is 15.1 Å². The summed E-state index contributed by atoms with van der Waals surface area (Å²) in [5.74, 6) is -1.38. The molecule has 1 N–H and O–H groups in total. The highest BCUT2D eigenvalue weighted by atomic mass is 19.1. The summed E-state index contributed by atoms with van der Waals surface area (Å²) in [5.41, 5.74) is 2.01. The summed E-state index contributed by atoms with van der Waals surface area (Å²) >= 11 is 0. The zero-order chi connectivity index (χ0) is 18.8.